The number of nitrogens with zero attached hydrogens (tertiary/aromatic N) is 1. The van der Waals surface area contributed by atoms with Crippen LogP contribution in [0.1, 0.15) is 26.2 Å². The summed E-state index contributed by atoms with van der Waals surface area (Å²) in [6, 6.07) is 6.13. The zero-order chi connectivity index (χ0) is 12.1. The quantitative estimate of drug-likeness (QED) is 0.819. The molecule has 3 N–H and O–H groups in total. The molecular formula is C13H21N3O. The van der Waals surface area contributed by atoms with Crippen LogP contribution in [0.2, 0.25) is 0 Å². The van der Waals surface area contributed by atoms with Gasteiger partial charge in [0.15, 0.2) is 0 Å². The van der Waals surface area contributed by atoms with Gasteiger partial charge in [-0.05, 0) is 31.7 Å². The third-order valence-corrected chi connectivity index (χ3v) is 3.28. The summed E-state index contributed by atoms with van der Waals surface area (Å²) >= 11 is 0. The van der Waals surface area contributed by atoms with Crippen LogP contribution in [-0.2, 0) is 0 Å². The summed E-state index contributed by atoms with van der Waals surface area (Å²) in [5, 5.41) is 3.34. The Labute approximate surface area is 103 Å². The van der Waals surface area contributed by atoms with Crippen LogP contribution >= 0.6 is 0 Å². The van der Waals surface area contributed by atoms with E-state index in [1.54, 1.807) is 0 Å². The van der Waals surface area contributed by atoms with Gasteiger partial charge in [0, 0.05) is 18.7 Å². The van der Waals surface area contributed by atoms with Crippen LogP contribution in [0, 0.1) is 5.92 Å². The maximum atomic E-state index is 6.04. The minimum atomic E-state index is 0.345. The van der Waals surface area contributed by atoms with Crippen molar-refractivity contribution in [2.75, 3.05) is 18.5 Å². The molecule has 4 heteroatoms. The molecule has 0 saturated heterocycles. The lowest BCUT2D eigenvalue weighted by molar-refractivity contribution is 0.327. The molecule has 94 valence electrons. The predicted octanol–water partition coefficient (Wildman–Crippen LogP) is 2.02. The molecule has 1 heterocycles. The molecule has 1 aromatic rings. The van der Waals surface area contributed by atoms with Crippen molar-refractivity contribution < 1.29 is 4.74 Å². The molecule has 2 unspecified atom stereocenters. The fourth-order valence-corrected chi connectivity index (χ4v) is 2.30. The van der Waals surface area contributed by atoms with Crippen LogP contribution in [0.15, 0.2) is 18.2 Å². The largest absolute Gasteiger partial charge is 0.478 e. The van der Waals surface area contributed by atoms with Crippen LogP contribution in [0.5, 0.6) is 5.88 Å². The summed E-state index contributed by atoms with van der Waals surface area (Å²) < 4.78 is 5.36. The molecule has 0 radical (unpaired) electrons. The van der Waals surface area contributed by atoms with Gasteiger partial charge >= 0.3 is 0 Å². The average molecular weight is 235 g/mol. The van der Waals surface area contributed by atoms with E-state index in [4.69, 9.17) is 10.5 Å². The zero-order valence-corrected chi connectivity index (χ0v) is 10.4. The molecule has 2 atom stereocenters. The van der Waals surface area contributed by atoms with Gasteiger partial charge in [-0.25, -0.2) is 0 Å². The van der Waals surface area contributed by atoms with Crippen LogP contribution in [0.3, 0.4) is 0 Å². The highest BCUT2D eigenvalue weighted by molar-refractivity contribution is 5.37. The van der Waals surface area contributed by atoms with Gasteiger partial charge in [-0.2, -0.15) is 4.98 Å². The molecule has 0 aromatic carbocycles. The van der Waals surface area contributed by atoms with Crippen molar-refractivity contribution in [1.82, 2.24) is 4.98 Å². The van der Waals surface area contributed by atoms with E-state index in [1.165, 1.54) is 12.8 Å². The summed E-state index contributed by atoms with van der Waals surface area (Å²) in [4.78, 5) is 4.37. The lowest BCUT2D eigenvalue weighted by Gasteiger charge is -2.16. The molecule has 0 aliphatic heterocycles. The first-order valence-corrected chi connectivity index (χ1v) is 6.39. The average Bonchev–Trinajstić information content (AvgIpc) is 2.73. The summed E-state index contributed by atoms with van der Waals surface area (Å²) in [7, 11) is 0. The SMILES string of the molecule is CCOc1cccc(NCC2CCCC2N)n1. The molecule has 0 spiro atoms. The van der Waals surface area contributed by atoms with Crippen LogP contribution in [0.4, 0.5) is 5.82 Å². The summed E-state index contributed by atoms with van der Waals surface area (Å²) in [6.07, 6.45) is 3.62. The Hall–Kier alpha value is -1.29. The van der Waals surface area contributed by atoms with Crippen molar-refractivity contribution >= 4 is 5.82 Å². The second-order valence-electron chi connectivity index (χ2n) is 4.53. The normalized spacial score (nSPS) is 23.6. The molecule has 1 aliphatic rings. The first kappa shape index (κ1) is 12.2. The molecule has 2 rings (SSSR count). The highest BCUT2D eigenvalue weighted by atomic mass is 16.5. The third kappa shape index (κ3) is 3.33. The Morgan fingerprint density at radius 1 is 1.47 bits per heavy atom. The molecule has 1 saturated carbocycles. The Balaban J connectivity index is 1.87. The van der Waals surface area contributed by atoms with Gasteiger partial charge in [-0.3, -0.25) is 0 Å². The Kier molecular flexibility index (Phi) is 4.20. The van der Waals surface area contributed by atoms with Gasteiger partial charge in [0.2, 0.25) is 5.88 Å². The van der Waals surface area contributed by atoms with E-state index in [9.17, 15) is 0 Å². The number of hydrogen-bond donors (Lipinski definition) is 2. The maximum absolute atomic E-state index is 6.04. The Morgan fingerprint density at radius 3 is 3.06 bits per heavy atom. The predicted molar refractivity (Wildman–Crippen MR) is 69.2 cm³/mol. The monoisotopic (exact) mass is 235 g/mol. The van der Waals surface area contributed by atoms with Crippen LogP contribution in [-0.4, -0.2) is 24.2 Å². The van der Waals surface area contributed by atoms with E-state index < -0.39 is 0 Å². The van der Waals surface area contributed by atoms with Crippen molar-refractivity contribution in [3.8, 4) is 5.88 Å². The minimum Gasteiger partial charge on any atom is -0.478 e. The van der Waals surface area contributed by atoms with Gasteiger partial charge in [0.1, 0.15) is 5.82 Å². The lowest BCUT2D eigenvalue weighted by atomic mass is 10.1. The van der Waals surface area contributed by atoms with Crippen LogP contribution < -0.4 is 15.8 Å². The smallest absolute Gasteiger partial charge is 0.215 e. The number of anilines is 1. The Morgan fingerprint density at radius 2 is 2.35 bits per heavy atom. The highest BCUT2D eigenvalue weighted by Gasteiger charge is 2.23. The van der Waals surface area contributed by atoms with Crippen molar-refractivity contribution in [1.29, 1.82) is 0 Å². The Bertz CT molecular complexity index is 356. The lowest BCUT2D eigenvalue weighted by Crippen LogP contribution is -2.29. The van der Waals surface area contributed by atoms with Gasteiger partial charge in [-0.1, -0.05) is 12.5 Å². The van der Waals surface area contributed by atoms with Crippen molar-refractivity contribution in [3.63, 3.8) is 0 Å². The molecule has 1 aromatic heterocycles. The summed E-state index contributed by atoms with van der Waals surface area (Å²) in [5.41, 5.74) is 6.04. The van der Waals surface area contributed by atoms with Crippen molar-refractivity contribution in [3.05, 3.63) is 18.2 Å². The summed E-state index contributed by atoms with van der Waals surface area (Å²) in [5.74, 6) is 2.12. The number of rotatable bonds is 5. The molecular weight excluding hydrogens is 214 g/mol. The van der Waals surface area contributed by atoms with E-state index in [0.717, 1.165) is 18.8 Å². The minimum absolute atomic E-state index is 0.345. The molecule has 1 aliphatic carbocycles. The van der Waals surface area contributed by atoms with Gasteiger partial charge in [0.25, 0.3) is 0 Å². The number of aromatic nitrogens is 1. The number of nitrogens with one attached hydrogen (secondary N) is 1. The van der Waals surface area contributed by atoms with Gasteiger partial charge in [0.05, 0.1) is 6.61 Å². The molecule has 0 bridgehead atoms. The summed E-state index contributed by atoms with van der Waals surface area (Å²) in [6.45, 7) is 3.51. The third-order valence-electron chi connectivity index (χ3n) is 3.28. The fraction of sp³-hybridized carbons (Fsp3) is 0.615. The zero-order valence-electron chi connectivity index (χ0n) is 10.4. The fourth-order valence-electron chi connectivity index (χ4n) is 2.30. The standard InChI is InChI=1S/C13H21N3O/c1-2-17-13-8-4-7-12(16-13)15-9-10-5-3-6-11(10)14/h4,7-8,10-11H,2-3,5-6,9,14H2,1H3,(H,15,16). The number of hydrogen-bond acceptors (Lipinski definition) is 4. The van der Waals surface area contributed by atoms with Gasteiger partial charge < -0.3 is 15.8 Å². The number of pyridine rings is 1. The highest BCUT2D eigenvalue weighted by Crippen LogP contribution is 2.24. The number of nitrogens with two attached hydrogens (primary N) is 1. The van der Waals surface area contributed by atoms with Crippen molar-refractivity contribution in [2.45, 2.75) is 32.2 Å². The second-order valence-corrected chi connectivity index (χ2v) is 4.53. The van der Waals surface area contributed by atoms with E-state index >= 15 is 0 Å². The van der Waals surface area contributed by atoms with E-state index in [0.29, 0.717) is 24.4 Å². The first-order chi connectivity index (χ1) is 8.29. The van der Waals surface area contributed by atoms with Crippen molar-refractivity contribution in [2.24, 2.45) is 11.7 Å². The molecule has 1 fully saturated rings. The topological polar surface area (TPSA) is 60.2 Å². The van der Waals surface area contributed by atoms with Gasteiger partial charge in [-0.15, -0.1) is 0 Å². The first-order valence-electron chi connectivity index (χ1n) is 6.39. The maximum Gasteiger partial charge on any atom is 0.215 e. The molecule has 4 nitrogen and oxygen atoms in total. The molecule has 0 amide bonds. The second kappa shape index (κ2) is 5.87. The number of ether oxygens (including phenoxy) is 1. The van der Waals surface area contributed by atoms with E-state index in [-0.39, 0.29) is 0 Å². The van der Waals surface area contributed by atoms with E-state index in [2.05, 4.69) is 10.3 Å². The van der Waals surface area contributed by atoms with Crippen LogP contribution in [0.25, 0.3) is 0 Å². The van der Waals surface area contributed by atoms with E-state index in [1.807, 2.05) is 25.1 Å². The molecule has 17 heavy (non-hydrogen) atoms.